The van der Waals surface area contributed by atoms with Gasteiger partial charge in [0, 0.05) is 31.0 Å². The number of aromatic nitrogens is 3. The van der Waals surface area contributed by atoms with E-state index in [0.29, 0.717) is 19.0 Å². The summed E-state index contributed by atoms with van der Waals surface area (Å²) in [5, 5.41) is 8.94. The molecule has 0 N–H and O–H groups in total. The van der Waals surface area contributed by atoms with Crippen LogP contribution in [0.5, 0.6) is 5.75 Å². The van der Waals surface area contributed by atoms with E-state index in [9.17, 15) is 4.79 Å². The summed E-state index contributed by atoms with van der Waals surface area (Å²) in [5.74, 6) is 3.48. The highest BCUT2D eigenvalue weighted by molar-refractivity contribution is 5.94. The number of ether oxygens (including phenoxy) is 1. The maximum atomic E-state index is 13.1. The second-order valence-corrected chi connectivity index (χ2v) is 8.39. The summed E-state index contributed by atoms with van der Waals surface area (Å²) < 4.78 is 8.00. The van der Waals surface area contributed by atoms with Gasteiger partial charge in [0.1, 0.15) is 17.7 Å². The molecule has 0 radical (unpaired) electrons. The summed E-state index contributed by atoms with van der Waals surface area (Å²) in [6.45, 7) is 6.29. The van der Waals surface area contributed by atoms with Crippen molar-refractivity contribution in [3.63, 3.8) is 0 Å². The molecule has 1 aromatic carbocycles. The van der Waals surface area contributed by atoms with Crippen LogP contribution in [0.4, 0.5) is 0 Å². The Morgan fingerprint density at radius 3 is 2.79 bits per heavy atom. The van der Waals surface area contributed by atoms with Crippen LogP contribution in [0, 0.1) is 0 Å². The van der Waals surface area contributed by atoms with Crippen LogP contribution >= 0.6 is 0 Å². The van der Waals surface area contributed by atoms with Crippen molar-refractivity contribution in [3.05, 3.63) is 41.0 Å². The average molecular weight is 381 g/mol. The first-order chi connectivity index (χ1) is 13.6. The second kappa shape index (κ2) is 6.88. The van der Waals surface area contributed by atoms with Crippen molar-refractivity contribution in [1.29, 1.82) is 0 Å². The molecule has 0 unspecified atom stereocenters. The van der Waals surface area contributed by atoms with Gasteiger partial charge in [0.05, 0.1) is 6.54 Å². The molecule has 7 heteroatoms. The van der Waals surface area contributed by atoms with Crippen molar-refractivity contribution in [1.82, 2.24) is 24.6 Å². The number of hydrogen-bond donors (Lipinski definition) is 0. The quantitative estimate of drug-likeness (QED) is 0.797. The summed E-state index contributed by atoms with van der Waals surface area (Å²) >= 11 is 0. The first-order valence-corrected chi connectivity index (χ1v) is 10.3. The summed E-state index contributed by atoms with van der Waals surface area (Å²) in [6.07, 6.45) is 3.32. The minimum absolute atomic E-state index is 0.0671. The molecule has 0 spiro atoms. The Kier molecular flexibility index (Phi) is 4.34. The van der Waals surface area contributed by atoms with E-state index in [1.54, 1.807) is 0 Å². The van der Waals surface area contributed by atoms with Crippen LogP contribution in [-0.2, 0) is 19.5 Å². The van der Waals surface area contributed by atoms with Crippen molar-refractivity contribution >= 4 is 5.91 Å². The van der Waals surface area contributed by atoms with Crippen molar-refractivity contribution in [3.8, 4) is 5.75 Å². The van der Waals surface area contributed by atoms with E-state index in [-0.39, 0.29) is 12.0 Å². The fraction of sp³-hybridized carbons (Fsp3) is 0.571. The van der Waals surface area contributed by atoms with E-state index in [0.717, 1.165) is 67.4 Å². The van der Waals surface area contributed by atoms with E-state index in [1.165, 1.54) is 0 Å². The standard InChI is InChI=1S/C21H27N5O2/c1-14-11-17-12-16(3-4-18(17)28-14)21(27)25-9-10-26-19(13-25)22-23-20(26)15-5-7-24(2)8-6-15/h3-4,12,14-15H,5-11,13H2,1-2H3/t14-/m0/s1. The molecule has 3 aliphatic heterocycles. The van der Waals surface area contributed by atoms with Crippen LogP contribution in [0.25, 0.3) is 0 Å². The Morgan fingerprint density at radius 1 is 1.14 bits per heavy atom. The summed E-state index contributed by atoms with van der Waals surface area (Å²) in [7, 11) is 2.17. The van der Waals surface area contributed by atoms with Crippen LogP contribution in [0.1, 0.15) is 53.3 Å². The number of piperidine rings is 1. The second-order valence-electron chi connectivity index (χ2n) is 8.39. The zero-order chi connectivity index (χ0) is 19.3. The SMILES string of the molecule is C[C@H]1Cc2cc(C(=O)N3CCn4c(nnc4C4CCN(C)CC4)C3)ccc2O1. The Bertz CT molecular complexity index is 900. The van der Waals surface area contributed by atoms with Gasteiger partial charge in [-0.2, -0.15) is 0 Å². The van der Waals surface area contributed by atoms with Crippen LogP contribution < -0.4 is 4.74 Å². The molecule has 5 rings (SSSR count). The molecule has 0 saturated carbocycles. The van der Waals surface area contributed by atoms with E-state index >= 15 is 0 Å². The third-order valence-corrected chi connectivity index (χ3v) is 6.30. The molecule has 0 aliphatic carbocycles. The molecule has 1 saturated heterocycles. The largest absolute Gasteiger partial charge is 0.490 e. The predicted octanol–water partition coefficient (Wildman–Crippen LogP) is 2.07. The molecule has 0 bridgehead atoms. The molecule has 3 aliphatic rings. The molecule has 1 amide bonds. The first kappa shape index (κ1) is 17.7. The van der Waals surface area contributed by atoms with Crippen LogP contribution in [0.15, 0.2) is 18.2 Å². The molecular weight excluding hydrogens is 354 g/mol. The van der Waals surface area contributed by atoms with Crippen LogP contribution in [0.2, 0.25) is 0 Å². The van der Waals surface area contributed by atoms with Gasteiger partial charge in [-0.25, -0.2) is 0 Å². The van der Waals surface area contributed by atoms with Gasteiger partial charge in [-0.3, -0.25) is 4.79 Å². The first-order valence-electron chi connectivity index (χ1n) is 10.3. The molecule has 2 aromatic rings. The lowest BCUT2D eigenvalue weighted by molar-refractivity contribution is 0.0705. The number of benzene rings is 1. The number of likely N-dealkylation sites (tertiary alicyclic amines) is 1. The smallest absolute Gasteiger partial charge is 0.254 e. The summed E-state index contributed by atoms with van der Waals surface area (Å²) in [5.41, 5.74) is 1.86. The summed E-state index contributed by atoms with van der Waals surface area (Å²) in [4.78, 5) is 17.3. The van der Waals surface area contributed by atoms with Gasteiger partial charge in [0.25, 0.3) is 5.91 Å². The number of amides is 1. The van der Waals surface area contributed by atoms with Crippen molar-refractivity contribution in [2.75, 3.05) is 26.7 Å². The highest BCUT2D eigenvalue weighted by atomic mass is 16.5. The fourth-order valence-electron chi connectivity index (χ4n) is 4.66. The van der Waals surface area contributed by atoms with Crippen molar-refractivity contribution in [2.45, 2.75) is 51.3 Å². The molecular formula is C21H27N5O2. The molecule has 4 heterocycles. The van der Waals surface area contributed by atoms with Crippen LogP contribution in [-0.4, -0.2) is 63.3 Å². The minimum atomic E-state index is 0.0671. The van der Waals surface area contributed by atoms with E-state index in [4.69, 9.17) is 4.74 Å². The number of carbonyl (C=O) groups excluding carboxylic acids is 1. The van der Waals surface area contributed by atoms with Gasteiger partial charge in [-0.15, -0.1) is 10.2 Å². The zero-order valence-corrected chi connectivity index (χ0v) is 16.6. The number of fused-ring (bicyclic) bond motifs is 2. The Morgan fingerprint density at radius 2 is 1.96 bits per heavy atom. The molecule has 7 nitrogen and oxygen atoms in total. The topological polar surface area (TPSA) is 63.5 Å². The predicted molar refractivity (Wildman–Crippen MR) is 104 cm³/mol. The number of carbonyl (C=O) groups is 1. The molecule has 1 aromatic heterocycles. The lowest BCUT2D eigenvalue weighted by atomic mass is 9.96. The maximum absolute atomic E-state index is 13.1. The third-order valence-electron chi connectivity index (χ3n) is 6.30. The highest BCUT2D eigenvalue weighted by Crippen LogP contribution is 2.31. The Hall–Kier alpha value is -2.41. The number of rotatable bonds is 2. The minimum Gasteiger partial charge on any atom is -0.490 e. The highest BCUT2D eigenvalue weighted by Gasteiger charge is 2.30. The third kappa shape index (κ3) is 3.07. The summed E-state index contributed by atoms with van der Waals surface area (Å²) in [6, 6.07) is 5.80. The molecule has 1 atom stereocenters. The van der Waals surface area contributed by atoms with Gasteiger partial charge in [-0.05, 0) is 63.7 Å². The number of hydrogen-bond acceptors (Lipinski definition) is 5. The van der Waals surface area contributed by atoms with Gasteiger partial charge in [-0.1, -0.05) is 0 Å². The monoisotopic (exact) mass is 381 g/mol. The van der Waals surface area contributed by atoms with Crippen molar-refractivity contribution < 1.29 is 9.53 Å². The zero-order valence-electron chi connectivity index (χ0n) is 16.6. The lowest BCUT2D eigenvalue weighted by Crippen LogP contribution is -2.39. The lowest BCUT2D eigenvalue weighted by Gasteiger charge is -2.31. The molecule has 1 fully saturated rings. The number of nitrogens with zero attached hydrogens (tertiary/aromatic N) is 5. The molecule has 148 valence electrons. The van der Waals surface area contributed by atoms with Gasteiger partial charge >= 0.3 is 0 Å². The van der Waals surface area contributed by atoms with Crippen LogP contribution in [0.3, 0.4) is 0 Å². The van der Waals surface area contributed by atoms with Gasteiger partial charge < -0.3 is 19.1 Å². The van der Waals surface area contributed by atoms with E-state index in [1.807, 2.05) is 23.1 Å². The molecule has 28 heavy (non-hydrogen) atoms. The van der Waals surface area contributed by atoms with Gasteiger partial charge in [0.2, 0.25) is 0 Å². The van der Waals surface area contributed by atoms with E-state index < -0.39 is 0 Å². The van der Waals surface area contributed by atoms with E-state index in [2.05, 4.69) is 33.6 Å². The average Bonchev–Trinajstić information content (AvgIpc) is 3.29. The maximum Gasteiger partial charge on any atom is 0.254 e. The normalized spacial score (nSPS) is 22.6. The fourth-order valence-corrected chi connectivity index (χ4v) is 4.66. The van der Waals surface area contributed by atoms with Crippen molar-refractivity contribution in [2.24, 2.45) is 0 Å². The van der Waals surface area contributed by atoms with Gasteiger partial charge in [0.15, 0.2) is 5.82 Å². The Balaban J connectivity index is 1.31. The Labute approximate surface area is 165 Å².